The molecule has 3 rings (SSSR count). The van der Waals surface area contributed by atoms with Gasteiger partial charge in [0.15, 0.2) is 0 Å². The van der Waals surface area contributed by atoms with Gasteiger partial charge in [-0.3, -0.25) is 4.90 Å². The number of ether oxygens (including phenoxy) is 1. The van der Waals surface area contributed by atoms with Gasteiger partial charge in [0.05, 0.1) is 25.5 Å². The molecule has 2 saturated heterocycles. The normalized spacial score (nSPS) is 28.2. The van der Waals surface area contributed by atoms with E-state index < -0.39 is 10.0 Å². The van der Waals surface area contributed by atoms with Gasteiger partial charge < -0.3 is 4.74 Å². The highest BCUT2D eigenvalue weighted by Crippen LogP contribution is 2.35. The highest BCUT2D eigenvalue weighted by molar-refractivity contribution is 7.89. The summed E-state index contributed by atoms with van der Waals surface area (Å²) in [5.41, 5.74) is -0.0734. The number of nitrogens with zero attached hydrogens (tertiary/aromatic N) is 3. The molecule has 22 heavy (non-hydrogen) atoms. The molecule has 0 aliphatic carbocycles. The minimum absolute atomic E-state index is 0.0734. The summed E-state index contributed by atoms with van der Waals surface area (Å²) in [6.07, 6.45) is 2.81. The van der Waals surface area contributed by atoms with E-state index in [4.69, 9.17) is 4.74 Å². The lowest BCUT2D eigenvalue weighted by Crippen LogP contribution is -2.43. The molecule has 124 valence electrons. The van der Waals surface area contributed by atoms with Crippen molar-refractivity contribution in [3.63, 3.8) is 0 Å². The minimum atomic E-state index is -3.15. The van der Waals surface area contributed by atoms with Gasteiger partial charge in [-0.2, -0.15) is 4.31 Å². The van der Waals surface area contributed by atoms with Gasteiger partial charge in [-0.1, -0.05) is 0 Å². The van der Waals surface area contributed by atoms with Crippen LogP contribution >= 0.6 is 11.3 Å². The first-order valence-electron chi connectivity index (χ1n) is 7.69. The predicted molar refractivity (Wildman–Crippen MR) is 86.3 cm³/mol. The van der Waals surface area contributed by atoms with Crippen LogP contribution in [0.3, 0.4) is 0 Å². The molecule has 3 heterocycles. The molecule has 2 aliphatic rings. The second-order valence-corrected chi connectivity index (χ2v) is 9.41. The smallest absolute Gasteiger partial charge is 0.213 e. The molecule has 0 saturated carbocycles. The Morgan fingerprint density at radius 2 is 2.27 bits per heavy atom. The predicted octanol–water partition coefficient (Wildman–Crippen LogP) is 1.02. The van der Waals surface area contributed by atoms with Gasteiger partial charge in [-0.25, -0.2) is 13.4 Å². The summed E-state index contributed by atoms with van der Waals surface area (Å²) in [7, 11) is -3.15. The Balaban J connectivity index is 1.69. The van der Waals surface area contributed by atoms with E-state index in [0.717, 1.165) is 31.1 Å². The van der Waals surface area contributed by atoms with Crippen molar-refractivity contribution < 1.29 is 13.2 Å². The largest absolute Gasteiger partial charge is 0.379 e. The van der Waals surface area contributed by atoms with E-state index in [1.165, 1.54) is 0 Å². The van der Waals surface area contributed by atoms with E-state index in [2.05, 4.69) is 9.88 Å². The Bertz CT molecular complexity index is 590. The van der Waals surface area contributed by atoms with Crippen molar-refractivity contribution in [2.45, 2.75) is 19.9 Å². The second-order valence-electron chi connectivity index (χ2n) is 6.17. The van der Waals surface area contributed by atoms with Crippen molar-refractivity contribution >= 4 is 21.4 Å². The van der Waals surface area contributed by atoms with E-state index >= 15 is 0 Å². The summed E-state index contributed by atoms with van der Waals surface area (Å²) in [6, 6.07) is 0. The molecule has 2 aliphatic heterocycles. The van der Waals surface area contributed by atoms with Crippen LogP contribution in [0.25, 0.3) is 0 Å². The fourth-order valence-electron chi connectivity index (χ4n) is 3.31. The molecule has 0 bridgehead atoms. The molecule has 0 aromatic carbocycles. The highest BCUT2D eigenvalue weighted by atomic mass is 32.2. The van der Waals surface area contributed by atoms with Crippen molar-refractivity contribution in [3.8, 4) is 0 Å². The van der Waals surface area contributed by atoms with Crippen LogP contribution in [0.1, 0.15) is 18.4 Å². The maximum absolute atomic E-state index is 12.2. The average molecular weight is 345 g/mol. The summed E-state index contributed by atoms with van der Waals surface area (Å²) in [5.74, 6) is 0.159. The van der Waals surface area contributed by atoms with Crippen molar-refractivity contribution in [2.75, 3.05) is 45.1 Å². The maximum Gasteiger partial charge on any atom is 0.213 e. The Morgan fingerprint density at radius 3 is 3.00 bits per heavy atom. The van der Waals surface area contributed by atoms with Crippen LogP contribution in [0.5, 0.6) is 0 Å². The summed E-state index contributed by atoms with van der Waals surface area (Å²) < 4.78 is 31.8. The van der Waals surface area contributed by atoms with E-state index in [9.17, 15) is 8.42 Å². The van der Waals surface area contributed by atoms with Gasteiger partial charge >= 0.3 is 0 Å². The Labute approximate surface area is 136 Å². The molecular formula is C14H23N3O3S2. The van der Waals surface area contributed by atoms with E-state index in [1.54, 1.807) is 22.6 Å². The molecular weight excluding hydrogens is 322 g/mol. The summed E-state index contributed by atoms with van der Waals surface area (Å²) in [4.78, 5) is 6.70. The lowest BCUT2D eigenvalue weighted by atomic mass is 9.88. The van der Waals surface area contributed by atoms with Crippen LogP contribution in [0, 0.1) is 5.41 Å². The Hall–Kier alpha value is -0.540. The quantitative estimate of drug-likeness (QED) is 0.815. The fraction of sp³-hybridized carbons (Fsp3) is 0.786. The lowest BCUT2D eigenvalue weighted by molar-refractivity contribution is 0.0721. The molecule has 1 aromatic rings. The minimum Gasteiger partial charge on any atom is -0.379 e. The van der Waals surface area contributed by atoms with Gasteiger partial charge in [-0.15, -0.1) is 11.3 Å². The molecule has 0 amide bonds. The maximum atomic E-state index is 12.2. The zero-order chi connectivity index (χ0) is 15.6. The number of aromatic nitrogens is 1. The topological polar surface area (TPSA) is 62.7 Å². The number of hydrogen-bond donors (Lipinski definition) is 0. The molecule has 0 N–H and O–H groups in total. The first kappa shape index (κ1) is 16.3. The van der Waals surface area contributed by atoms with Crippen LogP contribution in [0.15, 0.2) is 11.6 Å². The van der Waals surface area contributed by atoms with E-state index in [1.807, 2.05) is 11.6 Å². The Morgan fingerprint density at radius 1 is 1.41 bits per heavy atom. The molecule has 0 unspecified atom stereocenters. The SMILES string of the molecule is CCS(=O)(=O)N1CCOC[C@@]2(CCN(Cc3nccs3)C2)C1. The molecule has 2 fully saturated rings. The van der Waals surface area contributed by atoms with Crippen LogP contribution < -0.4 is 0 Å². The summed E-state index contributed by atoms with van der Waals surface area (Å²) in [6.45, 7) is 6.61. The van der Waals surface area contributed by atoms with Crippen molar-refractivity contribution in [2.24, 2.45) is 5.41 Å². The number of rotatable bonds is 4. The third kappa shape index (κ3) is 3.51. The zero-order valence-corrected chi connectivity index (χ0v) is 14.5. The molecule has 1 aromatic heterocycles. The molecule has 1 atom stereocenters. The monoisotopic (exact) mass is 345 g/mol. The van der Waals surface area contributed by atoms with Crippen LogP contribution in [-0.2, 0) is 21.3 Å². The number of likely N-dealkylation sites (tertiary alicyclic amines) is 1. The summed E-state index contributed by atoms with van der Waals surface area (Å²) in [5, 5.41) is 3.11. The zero-order valence-electron chi connectivity index (χ0n) is 12.9. The number of hydrogen-bond acceptors (Lipinski definition) is 6. The molecule has 6 nitrogen and oxygen atoms in total. The van der Waals surface area contributed by atoms with Crippen LogP contribution in [-0.4, -0.2) is 67.8 Å². The van der Waals surface area contributed by atoms with Gasteiger partial charge in [0, 0.05) is 36.6 Å². The highest BCUT2D eigenvalue weighted by Gasteiger charge is 2.43. The third-order valence-electron chi connectivity index (χ3n) is 4.52. The van der Waals surface area contributed by atoms with Crippen LogP contribution in [0.2, 0.25) is 0 Å². The van der Waals surface area contributed by atoms with Gasteiger partial charge in [0.2, 0.25) is 10.0 Å². The first-order chi connectivity index (χ1) is 10.5. The lowest BCUT2D eigenvalue weighted by Gasteiger charge is -2.31. The van der Waals surface area contributed by atoms with Gasteiger partial charge in [0.1, 0.15) is 5.01 Å². The molecule has 1 spiro atoms. The third-order valence-corrected chi connectivity index (χ3v) is 7.12. The molecule has 8 heteroatoms. The summed E-state index contributed by atoms with van der Waals surface area (Å²) >= 11 is 1.67. The van der Waals surface area contributed by atoms with Crippen LogP contribution in [0.4, 0.5) is 0 Å². The van der Waals surface area contributed by atoms with Gasteiger partial charge in [0.25, 0.3) is 0 Å². The average Bonchev–Trinajstić information content (AvgIpc) is 3.07. The van der Waals surface area contributed by atoms with Crippen molar-refractivity contribution in [1.82, 2.24) is 14.2 Å². The van der Waals surface area contributed by atoms with E-state index in [0.29, 0.717) is 26.3 Å². The van der Waals surface area contributed by atoms with Crippen molar-refractivity contribution in [1.29, 1.82) is 0 Å². The molecule has 0 radical (unpaired) electrons. The fourth-order valence-corrected chi connectivity index (χ4v) is 5.15. The van der Waals surface area contributed by atoms with Gasteiger partial charge in [-0.05, 0) is 19.9 Å². The standard InChI is InChI=1S/C14H23N3O3S2/c1-2-22(18,19)17-6-7-20-12-14(11-17)3-5-16(10-14)9-13-15-4-8-21-13/h4,8H,2-3,5-7,9-12H2,1H3/t14-/m1/s1. The van der Waals surface area contributed by atoms with E-state index in [-0.39, 0.29) is 11.2 Å². The first-order valence-corrected chi connectivity index (χ1v) is 10.2. The Kier molecular flexibility index (Phi) is 4.84. The second kappa shape index (κ2) is 6.52. The van der Waals surface area contributed by atoms with Crippen molar-refractivity contribution in [3.05, 3.63) is 16.6 Å². The number of sulfonamides is 1. The number of thiazole rings is 1.